The van der Waals surface area contributed by atoms with Crippen LogP contribution in [0.3, 0.4) is 0 Å². The van der Waals surface area contributed by atoms with E-state index in [0.717, 1.165) is 70.6 Å². The van der Waals surface area contributed by atoms with E-state index in [4.69, 9.17) is 0 Å². The van der Waals surface area contributed by atoms with Crippen molar-refractivity contribution in [1.29, 1.82) is 0 Å². The first kappa shape index (κ1) is 49.6. The fourth-order valence-electron chi connectivity index (χ4n) is 6.05. The van der Waals surface area contributed by atoms with Crippen molar-refractivity contribution in [3.05, 3.63) is 85.1 Å². The quantitative estimate of drug-likeness (QED) is 0.0439. The molecule has 4 heteroatoms. The molecule has 0 saturated carbocycles. The normalized spacial score (nSPS) is 13.8. The molecule has 3 N–H and O–H groups in total. The molecule has 52 heavy (non-hydrogen) atoms. The number of hydrogen-bond acceptors (Lipinski definition) is 3. The van der Waals surface area contributed by atoms with E-state index in [-0.39, 0.29) is 12.5 Å². The highest BCUT2D eigenvalue weighted by atomic mass is 16.3. The smallest absolute Gasteiger partial charge is 0.220 e. The van der Waals surface area contributed by atoms with Crippen LogP contribution < -0.4 is 5.32 Å². The maximum atomic E-state index is 12.3. The summed E-state index contributed by atoms with van der Waals surface area (Å²) in [5, 5.41) is 22.7. The van der Waals surface area contributed by atoms with E-state index < -0.39 is 12.1 Å². The third-order valence-corrected chi connectivity index (χ3v) is 9.34. The summed E-state index contributed by atoms with van der Waals surface area (Å²) in [6.45, 7) is 4.07. The number of aliphatic hydroxyl groups excluding tert-OH is 2. The number of unbranched alkanes of at least 4 members (excludes halogenated alkanes) is 19. The zero-order valence-corrected chi connectivity index (χ0v) is 34.0. The van der Waals surface area contributed by atoms with E-state index in [0.29, 0.717) is 6.42 Å². The maximum absolute atomic E-state index is 12.3. The van der Waals surface area contributed by atoms with E-state index >= 15 is 0 Å². The summed E-state index contributed by atoms with van der Waals surface area (Å²) in [5.74, 6) is -0.0814. The zero-order valence-electron chi connectivity index (χ0n) is 34.0. The molecule has 0 rings (SSSR count). The first-order valence-electron chi connectivity index (χ1n) is 21.8. The molecule has 4 nitrogen and oxygen atoms in total. The molecule has 0 saturated heterocycles. The number of allylic oxidation sites excluding steroid dienone is 13. The molecule has 298 valence electrons. The molecule has 2 unspecified atom stereocenters. The van der Waals surface area contributed by atoms with Gasteiger partial charge in [0.1, 0.15) is 0 Å². The molecule has 0 aromatic rings. The first-order chi connectivity index (χ1) is 25.7. The van der Waals surface area contributed by atoms with Gasteiger partial charge in [-0.3, -0.25) is 4.79 Å². The van der Waals surface area contributed by atoms with Gasteiger partial charge in [0.2, 0.25) is 5.91 Å². The molecule has 0 aliphatic rings. The van der Waals surface area contributed by atoms with Gasteiger partial charge in [-0.25, -0.2) is 0 Å². The van der Waals surface area contributed by atoms with Gasteiger partial charge in [-0.15, -0.1) is 0 Å². The van der Waals surface area contributed by atoms with E-state index in [1.54, 1.807) is 6.08 Å². The van der Waals surface area contributed by atoms with Gasteiger partial charge >= 0.3 is 0 Å². The Morgan fingerprint density at radius 2 is 0.865 bits per heavy atom. The summed E-state index contributed by atoms with van der Waals surface area (Å²) in [5.41, 5.74) is 0. The van der Waals surface area contributed by atoms with Crippen LogP contribution in [0.25, 0.3) is 0 Å². The number of hydrogen-bond donors (Lipinski definition) is 3. The topological polar surface area (TPSA) is 69.6 Å². The molecule has 0 heterocycles. The molecular weight excluding hydrogens is 639 g/mol. The van der Waals surface area contributed by atoms with Crippen LogP contribution in [-0.4, -0.2) is 34.9 Å². The number of amides is 1. The van der Waals surface area contributed by atoms with Crippen molar-refractivity contribution < 1.29 is 15.0 Å². The van der Waals surface area contributed by atoms with Crippen LogP contribution in [0.2, 0.25) is 0 Å². The van der Waals surface area contributed by atoms with Crippen LogP contribution in [0.1, 0.15) is 194 Å². The first-order valence-corrected chi connectivity index (χ1v) is 21.8. The molecular formula is C48H83NO3. The highest BCUT2D eigenvalue weighted by Gasteiger charge is 2.17. The van der Waals surface area contributed by atoms with Gasteiger partial charge in [-0.05, 0) is 70.6 Å². The average molecular weight is 722 g/mol. The van der Waals surface area contributed by atoms with Crippen LogP contribution in [0, 0.1) is 0 Å². The van der Waals surface area contributed by atoms with Gasteiger partial charge < -0.3 is 15.5 Å². The second kappa shape index (κ2) is 43.0. The second-order valence-electron chi connectivity index (χ2n) is 14.4. The Bertz CT molecular complexity index is 957. The molecule has 0 aliphatic heterocycles. The Balaban J connectivity index is 3.46. The van der Waals surface area contributed by atoms with Gasteiger partial charge in [-0.2, -0.15) is 0 Å². The summed E-state index contributed by atoms with van der Waals surface area (Å²) in [6.07, 6.45) is 63.0. The van der Waals surface area contributed by atoms with Gasteiger partial charge in [0, 0.05) is 6.42 Å². The molecule has 0 aromatic carbocycles. The molecule has 0 aliphatic carbocycles. The molecule has 0 spiro atoms. The summed E-state index contributed by atoms with van der Waals surface area (Å²) in [6, 6.07) is -0.638. The van der Waals surface area contributed by atoms with Crippen molar-refractivity contribution >= 4 is 5.91 Å². The Kier molecular flexibility index (Phi) is 41.0. The van der Waals surface area contributed by atoms with Crippen molar-refractivity contribution in [2.45, 2.75) is 206 Å². The van der Waals surface area contributed by atoms with Crippen molar-refractivity contribution in [3.63, 3.8) is 0 Å². The number of nitrogens with one attached hydrogen (secondary N) is 1. The average Bonchev–Trinajstić information content (AvgIpc) is 3.15. The predicted octanol–water partition coefficient (Wildman–Crippen LogP) is 13.7. The summed E-state index contributed by atoms with van der Waals surface area (Å²) in [7, 11) is 0. The van der Waals surface area contributed by atoms with Crippen LogP contribution in [-0.2, 0) is 4.79 Å². The van der Waals surface area contributed by atoms with Crippen molar-refractivity contribution in [2.24, 2.45) is 0 Å². The van der Waals surface area contributed by atoms with Crippen LogP contribution in [0.15, 0.2) is 85.1 Å². The van der Waals surface area contributed by atoms with E-state index in [1.807, 2.05) is 6.08 Å². The summed E-state index contributed by atoms with van der Waals surface area (Å²) >= 11 is 0. The van der Waals surface area contributed by atoms with Crippen molar-refractivity contribution in [3.8, 4) is 0 Å². The highest BCUT2D eigenvalue weighted by Crippen LogP contribution is 2.15. The molecule has 0 radical (unpaired) electrons. The minimum atomic E-state index is -0.861. The standard InChI is InChI=1S/C48H83NO3/c1-3-5-7-9-11-12-13-14-15-16-17-18-19-20-21-22-23-24-25-26-27-28-29-30-31-32-33-34-35-36-38-40-42-44-48(52)49-46(45-50)47(51)43-41-39-37-10-8-6-4-2/h5,7-8,10-12,14-15,17-18,20-21,41,43,46-47,50-51H,3-4,6,9,13,16,19,22-40,42,44-45H2,1-2H3,(H,49,52)/b7-5-,10-8+,12-11-,15-14-,18-17-,21-20-,43-41+. The highest BCUT2D eigenvalue weighted by molar-refractivity contribution is 5.76. The zero-order chi connectivity index (χ0) is 37.8. The maximum Gasteiger partial charge on any atom is 0.220 e. The number of carbonyl (C=O) groups excluding carboxylic acids is 1. The largest absolute Gasteiger partial charge is 0.394 e. The number of rotatable bonds is 38. The Labute approximate surface area is 322 Å². The summed E-state index contributed by atoms with van der Waals surface area (Å²) < 4.78 is 0. The number of carbonyl (C=O) groups is 1. The van der Waals surface area contributed by atoms with Gasteiger partial charge in [-0.1, -0.05) is 202 Å². The second-order valence-corrected chi connectivity index (χ2v) is 14.4. The fourth-order valence-corrected chi connectivity index (χ4v) is 6.05. The van der Waals surface area contributed by atoms with E-state index in [2.05, 4.69) is 92.1 Å². The lowest BCUT2D eigenvalue weighted by molar-refractivity contribution is -0.123. The van der Waals surface area contributed by atoms with Crippen LogP contribution in [0.5, 0.6) is 0 Å². The van der Waals surface area contributed by atoms with Crippen molar-refractivity contribution in [2.75, 3.05) is 6.61 Å². The Morgan fingerprint density at radius 1 is 0.481 bits per heavy atom. The lowest BCUT2D eigenvalue weighted by Gasteiger charge is -2.19. The third-order valence-electron chi connectivity index (χ3n) is 9.34. The SMILES string of the molecule is CC/C=C\C/C=C\C/C=C\C/C=C\C/C=C\CCCCCCCCCCCCCCCCCCCC(=O)NC(CO)C(O)/C=C/CC/C=C/CCC. The lowest BCUT2D eigenvalue weighted by Crippen LogP contribution is -2.45. The minimum Gasteiger partial charge on any atom is -0.394 e. The molecule has 0 fully saturated rings. The molecule has 0 aromatic heterocycles. The predicted molar refractivity (Wildman–Crippen MR) is 230 cm³/mol. The molecule has 1 amide bonds. The Morgan fingerprint density at radius 3 is 1.33 bits per heavy atom. The Hall–Kier alpha value is -2.43. The lowest BCUT2D eigenvalue weighted by atomic mass is 10.0. The van der Waals surface area contributed by atoms with Crippen LogP contribution >= 0.6 is 0 Å². The van der Waals surface area contributed by atoms with Crippen LogP contribution in [0.4, 0.5) is 0 Å². The minimum absolute atomic E-state index is 0.0814. The van der Waals surface area contributed by atoms with Gasteiger partial charge in [0.05, 0.1) is 18.8 Å². The molecule has 2 atom stereocenters. The van der Waals surface area contributed by atoms with E-state index in [1.165, 1.54) is 103 Å². The van der Waals surface area contributed by atoms with Crippen molar-refractivity contribution in [1.82, 2.24) is 5.32 Å². The summed E-state index contributed by atoms with van der Waals surface area (Å²) in [4.78, 5) is 12.3. The van der Waals surface area contributed by atoms with Gasteiger partial charge in [0.25, 0.3) is 0 Å². The third kappa shape index (κ3) is 38.8. The van der Waals surface area contributed by atoms with Gasteiger partial charge in [0.15, 0.2) is 0 Å². The molecule has 0 bridgehead atoms. The monoisotopic (exact) mass is 722 g/mol. The van der Waals surface area contributed by atoms with E-state index in [9.17, 15) is 15.0 Å². The fraction of sp³-hybridized carbons (Fsp3) is 0.688. The number of aliphatic hydroxyl groups is 2.